The number of carbonyl (C=O) groups excluding carboxylic acids is 1. The molecule has 0 fully saturated rings. The van der Waals surface area contributed by atoms with Crippen LogP contribution in [0, 0.1) is 0 Å². The quantitative estimate of drug-likeness (QED) is 0.751. The predicted octanol–water partition coefficient (Wildman–Crippen LogP) is 1.89. The van der Waals surface area contributed by atoms with Gasteiger partial charge in [-0.3, -0.25) is 9.52 Å². The van der Waals surface area contributed by atoms with Gasteiger partial charge in [-0.15, -0.1) is 0 Å². The maximum atomic E-state index is 12.1. The fourth-order valence-corrected chi connectivity index (χ4v) is 2.33. The average Bonchev–Trinajstić information content (AvgIpc) is 2.39. The largest absolute Gasteiger partial charge is 0.399 e. The smallest absolute Gasteiger partial charge is 0.255 e. The Kier molecular flexibility index (Phi) is 4.13. The summed E-state index contributed by atoms with van der Waals surface area (Å²) in [5.74, 6) is -0.370. The highest BCUT2D eigenvalue weighted by Crippen LogP contribution is 2.22. The molecule has 1 amide bonds. The van der Waals surface area contributed by atoms with Gasteiger partial charge < -0.3 is 11.1 Å². The first-order valence-corrected chi connectivity index (χ1v) is 7.98. The minimum absolute atomic E-state index is 0.303. The SMILES string of the molecule is CS(=O)(=O)Nc1ccccc1NC(=O)c1cccc(N)c1. The van der Waals surface area contributed by atoms with E-state index in [2.05, 4.69) is 10.0 Å². The van der Waals surface area contributed by atoms with Crippen LogP contribution in [0.3, 0.4) is 0 Å². The number of nitrogen functional groups attached to an aromatic ring is 1. The van der Waals surface area contributed by atoms with Crippen molar-refractivity contribution in [2.75, 3.05) is 22.0 Å². The van der Waals surface area contributed by atoms with Crippen molar-refractivity contribution < 1.29 is 13.2 Å². The highest BCUT2D eigenvalue weighted by molar-refractivity contribution is 7.92. The van der Waals surface area contributed by atoms with Crippen LogP contribution in [0.5, 0.6) is 0 Å². The molecule has 0 saturated heterocycles. The minimum atomic E-state index is -3.43. The van der Waals surface area contributed by atoms with Crippen molar-refractivity contribution in [1.82, 2.24) is 0 Å². The van der Waals surface area contributed by atoms with Gasteiger partial charge in [0.2, 0.25) is 10.0 Å². The van der Waals surface area contributed by atoms with Crippen molar-refractivity contribution in [1.29, 1.82) is 0 Å². The lowest BCUT2D eigenvalue weighted by Crippen LogP contribution is -2.16. The van der Waals surface area contributed by atoms with Crippen LogP contribution in [0.4, 0.5) is 17.1 Å². The summed E-state index contributed by atoms with van der Waals surface area (Å²) in [5, 5.41) is 2.66. The van der Waals surface area contributed by atoms with Gasteiger partial charge >= 0.3 is 0 Å². The standard InChI is InChI=1S/C14H15N3O3S/c1-21(19,20)17-13-8-3-2-7-12(13)16-14(18)10-5-4-6-11(15)9-10/h2-9,17H,15H2,1H3,(H,16,18). The number of benzene rings is 2. The summed E-state index contributed by atoms with van der Waals surface area (Å²) >= 11 is 0. The number of hydrogen-bond donors (Lipinski definition) is 3. The Morgan fingerprint density at radius 3 is 2.33 bits per heavy atom. The van der Waals surface area contributed by atoms with Gasteiger partial charge in [0.15, 0.2) is 0 Å². The van der Waals surface area contributed by atoms with Crippen molar-refractivity contribution in [3.05, 3.63) is 54.1 Å². The van der Waals surface area contributed by atoms with Gasteiger partial charge in [-0.1, -0.05) is 18.2 Å². The minimum Gasteiger partial charge on any atom is -0.399 e. The van der Waals surface area contributed by atoms with E-state index in [1.807, 2.05) is 0 Å². The molecule has 0 bridgehead atoms. The number of rotatable bonds is 4. The van der Waals surface area contributed by atoms with Crippen LogP contribution in [0.15, 0.2) is 48.5 Å². The Bertz CT molecular complexity index is 773. The molecular weight excluding hydrogens is 290 g/mol. The van der Waals surface area contributed by atoms with Gasteiger partial charge in [0.25, 0.3) is 5.91 Å². The van der Waals surface area contributed by atoms with Gasteiger partial charge in [0.05, 0.1) is 17.6 Å². The van der Waals surface area contributed by atoms with Gasteiger partial charge in [-0.25, -0.2) is 8.42 Å². The first-order chi connectivity index (χ1) is 9.85. The normalized spacial score (nSPS) is 10.9. The Balaban J connectivity index is 2.26. The van der Waals surface area contributed by atoms with Gasteiger partial charge in [-0.2, -0.15) is 0 Å². The van der Waals surface area contributed by atoms with E-state index < -0.39 is 10.0 Å². The van der Waals surface area contributed by atoms with Gasteiger partial charge in [0.1, 0.15) is 0 Å². The summed E-state index contributed by atoms with van der Waals surface area (Å²) in [6.45, 7) is 0. The molecule has 0 atom stereocenters. The molecule has 0 aliphatic rings. The molecule has 110 valence electrons. The van der Waals surface area contributed by atoms with E-state index in [1.54, 1.807) is 48.5 Å². The Labute approximate surface area is 123 Å². The second-order valence-electron chi connectivity index (χ2n) is 4.50. The third-order valence-corrected chi connectivity index (χ3v) is 3.21. The zero-order valence-corrected chi connectivity index (χ0v) is 12.1. The van der Waals surface area contributed by atoms with Crippen LogP contribution in [-0.4, -0.2) is 20.6 Å². The molecule has 7 heteroatoms. The zero-order chi connectivity index (χ0) is 15.5. The molecule has 2 aromatic carbocycles. The second kappa shape index (κ2) is 5.84. The van der Waals surface area contributed by atoms with Crippen LogP contribution in [0.1, 0.15) is 10.4 Å². The summed E-state index contributed by atoms with van der Waals surface area (Å²) in [7, 11) is -3.43. The topological polar surface area (TPSA) is 101 Å². The van der Waals surface area contributed by atoms with Crippen molar-refractivity contribution in [3.63, 3.8) is 0 Å². The number of hydrogen-bond acceptors (Lipinski definition) is 4. The third kappa shape index (κ3) is 4.22. The molecule has 0 heterocycles. The molecule has 4 N–H and O–H groups in total. The summed E-state index contributed by atoms with van der Waals surface area (Å²) in [6, 6.07) is 13.1. The molecule has 2 rings (SSSR count). The highest BCUT2D eigenvalue weighted by atomic mass is 32.2. The molecule has 0 unspecified atom stereocenters. The third-order valence-electron chi connectivity index (χ3n) is 2.62. The summed E-state index contributed by atoms with van der Waals surface area (Å²) < 4.78 is 25.0. The molecule has 0 aliphatic carbocycles. The van der Waals surface area contributed by atoms with E-state index in [1.165, 1.54) is 0 Å². The van der Waals surface area contributed by atoms with E-state index >= 15 is 0 Å². The van der Waals surface area contributed by atoms with Crippen LogP contribution >= 0.6 is 0 Å². The average molecular weight is 305 g/mol. The molecule has 0 radical (unpaired) electrons. The summed E-state index contributed by atoms with van der Waals surface area (Å²) in [5.41, 5.74) is 7.17. The van der Waals surface area contributed by atoms with Gasteiger partial charge in [-0.05, 0) is 30.3 Å². The first-order valence-electron chi connectivity index (χ1n) is 6.09. The van der Waals surface area contributed by atoms with E-state index in [9.17, 15) is 13.2 Å². The lowest BCUT2D eigenvalue weighted by atomic mass is 10.2. The fraction of sp³-hybridized carbons (Fsp3) is 0.0714. The maximum Gasteiger partial charge on any atom is 0.255 e. The predicted molar refractivity (Wildman–Crippen MR) is 83.7 cm³/mol. The number of nitrogens with one attached hydrogen (secondary N) is 2. The number of anilines is 3. The number of amides is 1. The van der Waals surface area contributed by atoms with Crippen molar-refractivity contribution in [2.24, 2.45) is 0 Å². The number of nitrogens with two attached hydrogens (primary N) is 1. The second-order valence-corrected chi connectivity index (χ2v) is 6.25. The van der Waals surface area contributed by atoms with E-state index in [0.29, 0.717) is 22.6 Å². The summed E-state index contributed by atoms with van der Waals surface area (Å²) in [4.78, 5) is 12.1. The Morgan fingerprint density at radius 2 is 1.71 bits per heavy atom. The molecule has 0 spiro atoms. The van der Waals surface area contributed by atoms with E-state index in [0.717, 1.165) is 6.26 Å². The number of para-hydroxylation sites is 2. The molecule has 6 nitrogen and oxygen atoms in total. The van der Waals surface area contributed by atoms with Crippen LogP contribution in [0.2, 0.25) is 0 Å². The monoisotopic (exact) mass is 305 g/mol. The van der Waals surface area contributed by atoms with E-state index in [4.69, 9.17) is 5.73 Å². The number of sulfonamides is 1. The van der Waals surface area contributed by atoms with Crippen LogP contribution in [0.25, 0.3) is 0 Å². The maximum absolute atomic E-state index is 12.1. The molecule has 0 aromatic heterocycles. The van der Waals surface area contributed by atoms with Crippen LogP contribution in [-0.2, 0) is 10.0 Å². The molecule has 21 heavy (non-hydrogen) atoms. The van der Waals surface area contributed by atoms with E-state index in [-0.39, 0.29) is 5.91 Å². The highest BCUT2D eigenvalue weighted by Gasteiger charge is 2.11. The molecule has 2 aromatic rings. The molecule has 0 saturated carbocycles. The molecule has 0 aliphatic heterocycles. The number of carbonyl (C=O) groups is 1. The van der Waals surface area contributed by atoms with Crippen molar-refractivity contribution in [2.45, 2.75) is 0 Å². The Hall–Kier alpha value is -2.54. The fourth-order valence-electron chi connectivity index (χ4n) is 1.76. The van der Waals surface area contributed by atoms with Crippen molar-refractivity contribution in [3.8, 4) is 0 Å². The van der Waals surface area contributed by atoms with Gasteiger partial charge in [0, 0.05) is 11.3 Å². The first kappa shape index (κ1) is 14.9. The van der Waals surface area contributed by atoms with Crippen LogP contribution < -0.4 is 15.8 Å². The Morgan fingerprint density at radius 1 is 1.05 bits per heavy atom. The zero-order valence-electron chi connectivity index (χ0n) is 11.3. The molecular formula is C14H15N3O3S. The lowest BCUT2D eigenvalue weighted by Gasteiger charge is -2.12. The summed E-state index contributed by atoms with van der Waals surface area (Å²) in [6.07, 6.45) is 1.05. The van der Waals surface area contributed by atoms with Crippen molar-refractivity contribution >= 4 is 33.0 Å². The lowest BCUT2D eigenvalue weighted by molar-refractivity contribution is 0.102.